The van der Waals surface area contributed by atoms with Crippen LogP contribution >= 0.6 is 0 Å². The number of para-hydroxylation sites is 1. The molecule has 0 aliphatic heterocycles. The van der Waals surface area contributed by atoms with E-state index in [9.17, 15) is 0 Å². The smallest absolute Gasteiger partial charge is 0.164 e. The lowest BCUT2D eigenvalue weighted by molar-refractivity contribution is 0.108. The third-order valence-corrected chi connectivity index (χ3v) is 2.37. The van der Waals surface area contributed by atoms with Gasteiger partial charge in [-0.1, -0.05) is 12.1 Å². The van der Waals surface area contributed by atoms with Gasteiger partial charge in [0.05, 0.1) is 13.7 Å². The Hall–Kier alpha value is -1.26. The Morgan fingerprint density at radius 3 is 2.71 bits per heavy atom. The lowest BCUT2D eigenvalue weighted by Gasteiger charge is -2.14. The van der Waals surface area contributed by atoms with Crippen molar-refractivity contribution in [2.24, 2.45) is 5.73 Å². The first-order valence-electron chi connectivity index (χ1n) is 5.90. The monoisotopic (exact) mass is 239 g/mol. The first-order valence-corrected chi connectivity index (χ1v) is 5.90. The third-order valence-electron chi connectivity index (χ3n) is 2.37. The summed E-state index contributed by atoms with van der Waals surface area (Å²) in [7, 11) is 1.64. The molecule has 0 unspecified atom stereocenters. The van der Waals surface area contributed by atoms with Gasteiger partial charge in [-0.05, 0) is 31.5 Å². The van der Waals surface area contributed by atoms with Crippen LogP contribution in [0.5, 0.6) is 11.5 Å². The van der Waals surface area contributed by atoms with E-state index in [2.05, 4.69) is 0 Å². The highest BCUT2D eigenvalue weighted by molar-refractivity contribution is 5.46. The lowest BCUT2D eigenvalue weighted by Crippen LogP contribution is -2.10. The summed E-state index contributed by atoms with van der Waals surface area (Å²) in [5.74, 6) is 1.52. The topological polar surface area (TPSA) is 53.7 Å². The molecular formula is C13H21NO3. The summed E-state index contributed by atoms with van der Waals surface area (Å²) in [4.78, 5) is 0. The second kappa shape index (κ2) is 7.92. The van der Waals surface area contributed by atoms with E-state index in [0.29, 0.717) is 26.4 Å². The van der Waals surface area contributed by atoms with Crippen molar-refractivity contribution >= 4 is 0 Å². The zero-order valence-corrected chi connectivity index (χ0v) is 10.6. The van der Waals surface area contributed by atoms with E-state index in [0.717, 1.165) is 23.5 Å². The predicted octanol–water partition coefficient (Wildman–Crippen LogP) is 1.61. The van der Waals surface area contributed by atoms with E-state index < -0.39 is 0 Å². The Morgan fingerprint density at radius 2 is 2.06 bits per heavy atom. The van der Waals surface area contributed by atoms with Crippen molar-refractivity contribution in [2.75, 3.05) is 33.5 Å². The van der Waals surface area contributed by atoms with Crippen LogP contribution in [0.2, 0.25) is 0 Å². The van der Waals surface area contributed by atoms with Crippen LogP contribution in [0.4, 0.5) is 0 Å². The van der Waals surface area contributed by atoms with Gasteiger partial charge in [0.1, 0.15) is 6.61 Å². The Bertz CT molecular complexity index is 328. The molecule has 1 rings (SSSR count). The molecule has 0 radical (unpaired) electrons. The van der Waals surface area contributed by atoms with Gasteiger partial charge in [0, 0.05) is 6.61 Å². The van der Waals surface area contributed by atoms with Gasteiger partial charge in [0.25, 0.3) is 0 Å². The Balaban J connectivity index is 2.70. The minimum Gasteiger partial charge on any atom is -0.493 e. The summed E-state index contributed by atoms with van der Waals surface area (Å²) in [6.45, 7) is 4.35. The Morgan fingerprint density at radius 1 is 1.24 bits per heavy atom. The van der Waals surface area contributed by atoms with Crippen molar-refractivity contribution in [2.45, 2.75) is 13.3 Å². The zero-order valence-electron chi connectivity index (χ0n) is 10.6. The van der Waals surface area contributed by atoms with Crippen molar-refractivity contribution < 1.29 is 14.2 Å². The van der Waals surface area contributed by atoms with E-state index in [1.54, 1.807) is 7.11 Å². The Kier molecular flexibility index (Phi) is 6.43. The molecule has 17 heavy (non-hydrogen) atoms. The molecule has 4 heteroatoms. The minimum absolute atomic E-state index is 0.520. The number of nitrogens with two attached hydrogens (primary N) is 1. The molecule has 2 N–H and O–H groups in total. The summed E-state index contributed by atoms with van der Waals surface area (Å²) in [5, 5.41) is 0. The Labute approximate surface area is 103 Å². The molecule has 1 aromatic carbocycles. The van der Waals surface area contributed by atoms with Crippen LogP contribution in [0.25, 0.3) is 0 Å². The molecule has 0 saturated carbocycles. The quantitative estimate of drug-likeness (QED) is 0.700. The highest BCUT2D eigenvalue weighted by Gasteiger charge is 2.09. The maximum Gasteiger partial charge on any atom is 0.164 e. The SMILES string of the molecule is CCOCCOc1c(CCN)cccc1OC. The average molecular weight is 239 g/mol. The fourth-order valence-electron chi connectivity index (χ4n) is 1.59. The first-order chi connectivity index (χ1) is 8.33. The lowest BCUT2D eigenvalue weighted by atomic mass is 10.1. The standard InChI is InChI=1S/C13H21NO3/c1-3-16-9-10-17-13-11(7-8-14)5-4-6-12(13)15-2/h4-6H,3,7-10,14H2,1-2H3. The molecule has 0 aromatic heterocycles. The van der Waals surface area contributed by atoms with Gasteiger partial charge >= 0.3 is 0 Å². The number of hydrogen-bond donors (Lipinski definition) is 1. The highest BCUT2D eigenvalue weighted by Crippen LogP contribution is 2.31. The number of benzene rings is 1. The largest absolute Gasteiger partial charge is 0.493 e. The molecule has 0 atom stereocenters. The molecule has 0 bridgehead atoms. The van der Waals surface area contributed by atoms with E-state index in [1.165, 1.54) is 0 Å². The van der Waals surface area contributed by atoms with E-state index in [-0.39, 0.29) is 0 Å². The molecule has 0 aliphatic rings. The summed E-state index contributed by atoms with van der Waals surface area (Å²) in [5.41, 5.74) is 6.65. The van der Waals surface area contributed by atoms with Crippen LogP contribution < -0.4 is 15.2 Å². The molecule has 0 heterocycles. The molecule has 0 amide bonds. The van der Waals surface area contributed by atoms with Crippen LogP contribution in [0, 0.1) is 0 Å². The van der Waals surface area contributed by atoms with Gasteiger partial charge in [0.15, 0.2) is 11.5 Å². The van der Waals surface area contributed by atoms with Gasteiger partial charge < -0.3 is 19.9 Å². The maximum atomic E-state index is 5.71. The second-order valence-corrected chi connectivity index (χ2v) is 3.53. The number of ether oxygens (including phenoxy) is 3. The number of rotatable bonds is 8. The molecule has 0 spiro atoms. The van der Waals surface area contributed by atoms with Crippen LogP contribution in [0.3, 0.4) is 0 Å². The summed E-state index contributed by atoms with van der Waals surface area (Å²) in [6, 6.07) is 5.83. The van der Waals surface area contributed by atoms with Gasteiger partial charge in [-0.3, -0.25) is 0 Å². The minimum atomic E-state index is 0.520. The van der Waals surface area contributed by atoms with Crippen molar-refractivity contribution in [3.63, 3.8) is 0 Å². The summed E-state index contributed by atoms with van der Waals surface area (Å²) < 4.78 is 16.2. The molecule has 4 nitrogen and oxygen atoms in total. The predicted molar refractivity (Wildman–Crippen MR) is 67.7 cm³/mol. The summed E-state index contributed by atoms with van der Waals surface area (Å²) in [6.07, 6.45) is 0.779. The van der Waals surface area contributed by atoms with Crippen molar-refractivity contribution in [3.8, 4) is 11.5 Å². The van der Waals surface area contributed by atoms with Gasteiger partial charge in [-0.2, -0.15) is 0 Å². The molecule has 0 fully saturated rings. The van der Waals surface area contributed by atoms with Crippen LogP contribution in [-0.2, 0) is 11.2 Å². The van der Waals surface area contributed by atoms with Crippen molar-refractivity contribution in [1.82, 2.24) is 0 Å². The average Bonchev–Trinajstić information content (AvgIpc) is 2.36. The molecule has 0 saturated heterocycles. The normalized spacial score (nSPS) is 10.3. The molecule has 0 aliphatic carbocycles. The van der Waals surface area contributed by atoms with Crippen LogP contribution in [-0.4, -0.2) is 33.5 Å². The molecular weight excluding hydrogens is 218 g/mol. The van der Waals surface area contributed by atoms with Gasteiger partial charge in [-0.15, -0.1) is 0 Å². The third kappa shape index (κ3) is 4.24. The van der Waals surface area contributed by atoms with Crippen molar-refractivity contribution in [3.05, 3.63) is 23.8 Å². The van der Waals surface area contributed by atoms with E-state index in [1.807, 2.05) is 25.1 Å². The highest BCUT2D eigenvalue weighted by atomic mass is 16.5. The fraction of sp³-hybridized carbons (Fsp3) is 0.538. The second-order valence-electron chi connectivity index (χ2n) is 3.53. The summed E-state index contributed by atoms with van der Waals surface area (Å²) >= 11 is 0. The number of methoxy groups -OCH3 is 1. The molecule has 1 aromatic rings. The first kappa shape index (κ1) is 13.8. The fourth-order valence-corrected chi connectivity index (χ4v) is 1.59. The van der Waals surface area contributed by atoms with E-state index >= 15 is 0 Å². The van der Waals surface area contributed by atoms with Crippen LogP contribution in [0.15, 0.2) is 18.2 Å². The number of hydrogen-bond acceptors (Lipinski definition) is 4. The van der Waals surface area contributed by atoms with Gasteiger partial charge in [0.2, 0.25) is 0 Å². The maximum absolute atomic E-state index is 5.71. The van der Waals surface area contributed by atoms with Gasteiger partial charge in [-0.25, -0.2) is 0 Å². The van der Waals surface area contributed by atoms with Crippen molar-refractivity contribution in [1.29, 1.82) is 0 Å². The van der Waals surface area contributed by atoms with Crippen LogP contribution in [0.1, 0.15) is 12.5 Å². The molecule has 96 valence electrons. The van der Waals surface area contributed by atoms with E-state index in [4.69, 9.17) is 19.9 Å². The zero-order chi connectivity index (χ0) is 12.5.